The van der Waals surface area contributed by atoms with Crippen molar-refractivity contribution >= 4 is 6.08 Å². The van der Waals surface area contributed by atoms with Crippen molar-refractivity contribution < 1.29 is 15.2 Å². The molecule has 1 atom stereocenters. The van der Waals surface area contributed by atoms with Gasteiger partial charge in [0, 0.05) is 6.08 Å². The molecular weight excluding hydrogens is 242 g/mol. The fourth-order valence-corrected chi connectivity index (χ4v) is 1.62. The van der Waals surface area contributed by atoms with Crippen molar-refractivity contribution in [1.29, 1.82) is 0 Å². The minimum atomic E-state index is -0.962. The smallest absolute Gasteiger partial charge is 0.127 e. The molecule has 98 valence electrons. The molecule has 0 saturated heterocycles. The zero-order chi connectivity index (χ0) is 13.5. The van der Waals surface area contributed by atoms with Crippen LogP contribution in [0.4, 0.5) is 0 Å². The molecule has 0 bridgehead atoms. The first-order valence-corrected chi connectivity index (χ1v) is 5.92. The number of benzene rings is 2. The zero-order valence-corrected chi connectivity index (χ0v) is 10.3. The summed E-state index contributed by atoms with van der Waals surface area (Å²) >= 11 is 0. The number of hydroxylamine groups is 2. The van der Waals surface area contributed by atoms with E-state index < -0.39 is 5.23 Å². The van der Waals surface area contributed by atoms with Crippen LogP contribution in [0.3, 0.4) is 0 Å². The van der Waals surface area contributed by atoms with E-state index in [0.29, 0.717) is 6.61 Å². The average molecular weight is 257 g/mol. The number of rotatable bonds is 5. The summed E-state index contributed by atoms with van der Waals surface area (Å²) in [4.78, 5) is 0. The van der Waals surface area contributed by atoms with Crippen molar-refractivity contribution in [3.05, 3.63) is 77.1 Å². The molecule has 2 N–H and O–H groups in total. The summed E-state index contributed by atoms with van der Waals surface area (Å²) in [7, 11) is 0. The lowest BCUT2D eigenvalue weighted by Gasteiger charge is -2.07. The Bertz CT molecular complexity index is 538. The Kier molecular flexibility index (Phi) is 4.69. The van der Waals surface area contributed by atoms with Crippen LogP contribution in [0.15, 0.2) is 60.8 Å². The minimum absolute atomic E-state index is 0.493. The zero-order valence-electron chi connectivity index (χ0n) is 10.3. The number of ether oxygens (including phenoxy) is 1. The summed E-state index contributed by atoms with van der Waals surface area (Å²) < 4.78 is 5.66. The lowest BCUT2D eigenvalue weighted by atomic mass is 10.2. The van der Waals surface area contributed by atoms with E-state index in [0.717, 1.165) is 23.1 Å². The lowest BCUT2D eigenvalue weighted by molar-refractivity contribution is -1.00. The van der Waals surface area contributed by atoms with E-state index in [2.05, 4.69) is 0 Å². The molecule has 0 aliphatic rings. The molecule has 0 aromatic heterocycles. The van der Waals surface area contributed by atoms with Gasteiger partial charge < -0.3 is 9.94 Å². The van der Waals surface area contributed by atoms with Crippen LogP contribution in [0.2, 0.25) is 0 Å². The Morgan fingerprint density at radius 3 is 2.63 bits per heavy atom. The van der Waals surface area contributed by atoms with E-state index in [1.165, 1.54) is 6.08 Å². The van der Waals surface area contributed by atoms with Crippen LogP contribution in [0, 0.1) is 5.21 Å². The first-order chi connectivity index (χ1) is 9.24. The fraction of sp³-hybridized carbons (Fsp3) is 0.0667. The summed E-state index contributed by atoms with van der Waals surface area (Å²) in [6.07, 6.45) is 2.65. The van der Waals surface area contributed by atoms with Gasteiger partial charge in [-0.3, -0.25) is 0 Å². The van der Waals surface area contributed by atoms with Gasteiger partial charge in [-0.15, -0.1) is 0 Å². The molecule has 1 unspecified atom stereocenters. The van der Waals surface area contributed by atoms with Crippen molar-refractivity contribution in [3.8, 4) is 5.75 Å². The largest absolute Gasteiger partial charge is 0.595 e. The Balaban J connectivity index is 1.99. The Morgan fingerprint density at radius 1 is 1.11 bits per heavy atom. The summed E-state index contributed by atoms with van der Waals surface area (Å²) in [5, 5.41) is 18.1. The molecule has 2 rings (SSSR count). The topological polar surface area (TPSA) is 57.0 Å². The van der Waals surface area contributed by atoms with Crippen LogP contribution in [0.5, 0.6) is 5.75 Å². The number of hydrogen-bond acceptors (Lipinski definition) is 3. The van der Waals surface area contributed by atoms with Gasteiger partial charge in [-0.25, -0.2) is 10.4 Å². The summed E-state index contributed by atoms with van der Waals surface area (Å²) in [5.41, 5.74) is 1.89. The molecule has 0 amide bonds. The number of quaternary nitrogens is 1. The number of hydrogen-bond donors (Lipinski definition) is 2. The molecule has 0 aliphatic heterocycles. The van der Waals surface area contributed by atoms with E-state index in [-0.39, 0.29) is 0 Å². The van der Waals surface area contributed by atoms with Gasteiger partial charge in [0.2, 0.25) is 0 Å². The third-order valence-electron chi connectivity index (χ3n) is 2.52. The van der Waals surface area contributed by atoms with Gasteiger partial charge in [0.25, 0.3) is 0 Å². The first kappa shape index (κ1) is 13.3. The predicted octanol–water partition coefficient (Wildman–Crippen LogP) is 2.01. The molecule has 0 aliphatic carbocycles. The average Bonchev–Trinajstić information content (AvgIpc) is 2.44. The maximum Gasteiger partial charge on any atom is 0.127 e. The predicted molar refractivity (Wildman–Crippen MR) is 72.4 cm³/mol. The van der Waals surface area contributed by atoms with Crippen molar-refractivity contribution in [2.75, 3.05) is 0 Å². The fourth-order valence-electron chi connectivity index (χ4n) is 1.62. The van der Waals surface area contributed by atoms with Gasteiger partial charge >= 0.3 is 0 Å². The number of nitrogens with one attached hydrogen (secondary N) is 1. The second kappa shape index (κ2) is 6.70. The van der Waals surface area contributed by atoms with Crippen LogP contribution in [0.25, 0.3) is 6.08 Å². The third kappa shape index (κ3) is 4.56. The second-order valence-corrected chi connectivity index (χ2v) is 4.02. The highest BCUT2D eigenvalue weighted by Crippen LogP contribution is 2.15. The normalized spacial score (nSPS) is 12.5. The second-order valence-electron chi connectivity index (χ2n) is 4.02. The third-order valence-corrected chi connectivity index (χ3v) is 2.52. The first-order valence-electron chi connectivity index (χ1n) is 5.92. The molecule has 0 spiro atoms. The van der Waals surface area contributed by atoms with E-state index in [4.69, 9.17) is 9.94 Å². The van der Waals surface area contributed by atoms with Gasteiger partial charge in [-0.1, -0.05) is 42.5 Å². The molecule has 0 fully saturated rings. The minimum Gasteiger partial charge on any atom is -0.595 e. The van der Waals surface area contributed by atoms with Gasteiger partial charge in [-0.05, 0) is 23.3 Å². The molecule has 0 saturated carbocycles. The van der Waals surface area contributed by atoms with Crippen LogP contribution < -0.4 is 9.96 Å². The van der Waals surface area contributed by atoms with Crippen molar-refractivity contribution in [2.24, 2.45) is 0 Å². The maximum absolute atomic E-state index is 10.5. The Hall–Kier alpha value is -2.14. The van der Waals surface area contributed by atoms with Gasteiger partial charge in [0.05, 0.1) is 0 Å². The van der Waals surface area contributed by atoms with Crippen LogP contribution in [-0.4, -0.2) is 5.21 Å². The van der Waals surface area contributed by atoms with Crippen molar-refractivity contribution in [2.45, 2.75) is 6.61 Å². The van der Waals surface area contributed by atoms with Gasteiger partial charge in [0.1, 0.15) is 18.6 Å². The molecule has 19 heavy (non-hydrogen) atoms. The highest BCUT2D eigenvalue weighted by Gasteiger charge is 1.96. The van der Waals surface area contributed by atoms with Crippen LogP contribution in [0.1, 0.15) is 11.1 Å². The van der Waals surface area contributed by atoms with E-state index in [1.807, 2.05) is 54.6 Å². The summed E-state index contributed by atoms with van der Waals surface area (Å²) in [5.74, 6) is 0.719. The lowest BCUT2D eigenvalue weighted by Crippen LogP contribution is -2.99. The highest BCUT2D eigenvalue weighted by atomic mass is 16.8. The molecule has 0 radical (unpaired) electrons. The maximum atomic E-state index is 10.5. The van der Waals surface area contributed by atoms with Crippen molar-refractivity contribution in [3.63, 3.8) is 0 Å². The molecule has 4 nitrogen and oxygen atoms in total. The van der Waals surface area contributed by atoms with Crippen LogP contribution in [-0.2, 0) is 6.61 Å². The molecule has 4 heteroatoms. The van der Waals surface area contributed by atoms with E-state index in [1.54, 1.807) is 0 Å². The van der Waals surface area contributed by atoms with Crippen molar-refractivity contribution in [1.82, 2.24) is 0 Å². The summed E-state index contributed by atoms with van der Waals surface area (Å²) in [6, 6.07) is 17.2. The van der Waals surface area contributed by atoms with Crippen LogP contribution >= 0.6 is 0 Å². The molecule has 0 heterocycles. The summed E-state index contributed by atoms with van der Waals surface area (Å²) in [6.45, 7) is 0.493. The van der Waals surface area contributed by atoms with Gasteiger partial charge in [-0.2, -0.15) is 0 Å². The molecular formula is C15H15NO3. The monoisotopic (exact) mass is 257 g/mol. The quantitative estimate of drug-likeness (QED) is 0.806. The Labute approximate surface area is 111 Å². The molecule has 2 aromatic rings. The molecule has 2 aromatic carbocycles. The SMILES string of the molecule is [O-][NH+](O)C=Cc1cccc(OCc2ccccc2)c1. The standard InChI is InChI=1S/C15H15NO3/c17-16(18)10-9-13-7-4-8-15(11-13)19-12-14-5-2-1-3-6-14/h1-11,16-17H,12H2. The Morgan fingerprint density at radius 2 is 1.89 bits per heavy atom. The van der Waals surface area contributed by atoms with E-state index in [9.17, 15) is 5.21 Å². The van der Waals surface area contributed by atoms with Gasteiger partial charge in [0.15, 0.2) is 0 Å². The van der Waals surface area contributed by atoms with E-state index >= 15 is 0 Å². The highest BCUT2D eigenvalue weighted by molar-refractivity contribution is 5.50.